The van der Waals surface area contributed by atoms with Crippen molar-refractivity contribution in [3.05, 3.63) is 124 Å². The first-order valence-corrected chi connectivity index (χ1v) is 14.9. The van der Waals surface area contributed by atoms with E-state index in [1.165, 1.54) is 12.1 Å². The highest BCUT2D eigenvalue weighted by atomic mass is 79.9. The second-order valence-corrected chi connectivity index (χ2v) is 12.1. The first kappa shape index (κ1) is 27.9. The van der Waals surface area contributed by atoms with Gasteiger partial charge in [0.15, 0.2) is 0 Å². The summed E-state index contributed by atoms with van der Waals surface area (Å²) in [6.07, 6.45) is 0.408. The van der Waals surface area contributed by atoms with E-state index in [-0.39, 0.29) is 17.5 Å². The van der Waals surface area contributed by atoms with E-state index < -0.39 is 23.8 Å². The van der Waals surface area contributed by atoms with E-state index in [0.717, 1.165) is 33.3 Å². The molecule has 2 heterocycles. The normalized spacial score (nSPS) is 15.3. The summed E-state index contributed by atoms with van der Waals surface area (Å²) in [7, 11) is 2.04. The fourth-order valence-electron chi connectivity index (χ4n) is 6.20. The highest BCUT2D eigenvalue weighted by Crippen LogP contribution is 2.48. The minimum Gasteiger partial charge on any atom is -0.343 e. The topological polar surface area (TPSA) is 54.3 Å². The van der Waals surface area contributed by atoms with Gasteiger partial charge in [-0.2, -0.15) is 0 Å². The summed E-state index contributed by atoms with van der Waals surface area (Å²) in [6, 6.07) is 29.0. The molecule has 0 fully saturated rings. The van der Waals surface area contributed by atoms with Crippen molar-refractivity contribution < 1.29 is 14.0 Å². The van der Waals surface area contributed by atoms with Gasteiger partial charge in [0.2, 0.25) is 5.91 Å². The lowest BCUT2D eigenvalue weighted by molar-refractivity contribution is -0.121. The molecule has 0 spiro atoms. The number of halogens is 2. The molecule has 4 aromatic carbocycles. The molecule has 0 bridgehead atoms. The summed E-state index contributed by atoms with van der Waals surface area (Å²) in [5.41, 5.74) is 5.51. The van der Waals surface area contributed by atoms with Gasteiger partial charge < -0.3 is 14.8 Å². The predicted molar refractivity (Wildman–Crippen MR) is 169 cm³/mol. The van der Waals surface area contributed by atoms with E-state index in [2.05, 4.69) is 50.1 Å². The third-order valence-corrected chi connectivity index (χ3v) is 8.48. The van der Waals surface area contributed by atoms with Crippen LogP contribution in [0.25, 0.3) is 22.2 Å². The van der Waals surface area contributed by atoms with E-state index in [1.54, 1.807) is 11.0 Å². The molecule has 7 heteroatoms. The first-order chi connectivity index (χ1) is 20.3. The van der Waals surface area contributed by atoms with Crippen LogP contribution in [0.5, 0.6) is 0 Å². The summed E-state index contributed by atoms with van der Waals surface area (Å²) >= 11 is 3.28. The minimum atomic E-state index is -0.847. The number of aromatic nitrogens is 1. The van der Waals surface area contributed by atoms with Crippen LogP contribution >= 0.6 is 15.9 Å². The van der Waals surface area contributed by atoms with E-state index in [1.807, 2.05) is 75.5 Å². The fourth-order valence-corrected chi connectivity index (χ4v) is 6.53. The summed E-state index contributed by atoms with van der Waals surface area (Å²) < 4.78 is 17.6. The first-order valence-electron chi connectivity index (χ1n) is 14.1. The Labute approximate surface area is 253 Å². The Morgan fingerprint density at radius 2 is 1.64 bits per heavy atom. The number of benzene rings is 4. The SMILES string of the molecule is CC(C)CC(C(=O)Nc1ccc(Br)cc1F)N1C(=O)c2ccccc2C1c1c(-c2ccccc2)n(C)c2ccccc12. The number of rotatable bonds is 7. The second-order valence-electron chi connectivity index (χ2n) is 11.2. The van der Waals surface area contributed by atoms with Crippen molar-refractivity contribution in [2.75, 3.05) is 5.32 Å². The van der Waals surface area contributed by atoms with Crippen LogP contribution in [-0.4, -0.2) is 27.3 Å². The molecule has 1 aromatic heterocycles. The van der Waals surface area contributed by atoms with Gasteiger partial charge in [-0.1, -0.05) is 96.5 Å². The van der Waals surface area contributed by atoms with Gasteiger partial charge in [0.1, 0.15) is 11.9 Å². The number of aryl methyl sites for hydroxylation is 1. The van der Waals surface area contributed by atoms with Crippen LogP contribution in [0.15, 0.2) is 102 Å². The van der Waals surface area contributed by atoms with Gasteiger partial charge in [0.25, 0.3) is 5.91 Å². The molecule has 5 nitrogen and oxygen atoms in total. The summed E-state index contributed by atoms with van der Waals surface area (Å²) in [4.78, 5) is 30.1. The molecule has 2 unspecified atom stereocenters. The van der Waals surface area contributed by atoms with Crippen LogP contribution in [-0.2, 0) is 11.8 Å². The Hall–Kier alpha value is -4.23. The van der Waals surface area contributed by atoms with Crippen molar-refractivity contribution in [1.82, 2.24) is 9.47 Å². The molecule has 212 valence electrons. The maximum atomic E-state index is 14.8. The molecule has 0 radical (unpaired) electrons. The van der Waals surface area contributed by atoms with Gasteiger partial charge in [0.05, 0.1) is 17.4 Å². The molecule has 0 aliphatic carbocycles. The fraction of sp³-hybridized carbons (Fsp3) is 0.200. The monoisotopic (exact) mass is 623 g/mol. The minimum absolute atomic E-state index is 0.0767. The molecule has 5 aromatic rings. The third-order valence-electron chi connectivity index (χ3n) is 7.99. The van der Waals surface area contributed by atoms with Crippen molar-refractivity contribution in [3.63, 3.8) is 0 Å². The van der Waals surface area contributed by atoms with Crippen molar-refractivity contribution in [2.24, 2.45) is 13.0 Å². The lowest BCUT2D eigenvalue weighted by Gasteiger charge is -2.34. The summed E-state index contributed by atoms with van der Waals surface area (Å²) in [6.45, 7) is 4.05. The molecule has 0 saturated carbocycles. The molecule has 1 aliphatic rings. The quantitative estimate of drug-likeness (QED) is 0.198. The van der Waals surface area contributed by atoms with E-state index >= 15 is 0 Å². The van der Waals surface area contributed by atoms with Gasteiger partial charge >= 0.3 is 0 Å². The van der Waals surface area contributed by atoms with E-state index in [9.17, 15) is 14.0 Å². The number of carbonyl (C=O) groups is 2. The Kier molecular flexibility index (Phi) is 7.45. The average Bonchev–Trinajstić information content (AvgIpc) is 3.44. The largest absolute Gasteiger partial charge is 0.343 e. The zero-order chi connectivity index (χ0) is 29.5. The van der Waals surface area contributed by atoms with Crippen molar-refractivity contribution >= 4 is 44.3 Å². The number of fused-ring (bicyclic) bond motifs is 2. The molecule has 1 N–H and O–H groups in total. The molecule has 6 rings (SSSR count). The van der Waals surface area contributed by atoms with Crippen LogP contribution in [0.1, 0.15) is 47.8 Å². The number of carbonyl (C=O) groups excluding carboxylic acids is 2. The number of para-hydroxylation sites is 1. The second kappa shape index (κ2) is 11.2. The van der Waals surface area contributed by atoms with Crippen molar-refractivity contribution in [1.29, 1.82) is 0 Å². The van der Waals surface area contributed by atoms with Gasteiger partial charge in [-0.15, -0.1) is 0 Å². The Bertz CT molecular complexity index is 1810. The third kappa shape index (κ3) is 4.81. The number of hydrogen-bond acceptors (Lipinski definition) is 2. The van der Waals surface area contributed by atoms with Crippen LogP contribution in [0.4, 0.5) is 10.1 Å². The van der Waals surface area contributed by atoms with E-state index in [0.29, 0.717) is 16.5 Å². The maximum Gasteiger partial charge on any atom is 0.255 e. The number of anilines is 1. The molecular formula is C35H31BrFN3O2. The predicted octanol–water partition coefficient (Wildman–Crippen LogP) is 8.35. The average molecular weight is 625 g/mol. The van der Waals surface area contributed by atoms with Gasteiger partial charge in [-0.05, 0) is 53.8 Å². The number of hydrogen-bond donors (Lipinski definition) is 1. The zero-order valence-corrected chi connectivity index (χ0v) is 25.2. The standard InChI is InChI=1S/C35H31BrFN3O2/c1-21(2)19-30(34(41)38-28-18-17-23(36)20-27(28)37)40-33(24-13-7-8-14-25(24)35(40)42)31-26-15-9-10-16-29(26)39(3)32(31)22-11-5-4-6-12-22/h4-18,20-21,30,33H,19H2,1-3H3,(H,38,41). The highest BCUT2D eigenvalue weighted by Gasteiger charge is 2.46. The number of nitrogens with one attached hydrogen (secondary N) is 1. The van der Waals surface area contributed by atoms with Gasteiger partial charge in [-0.3, -0.25) is 9.59 Å². The van der Waals surface area contributed by atoms with Crippen molar-refractivity contribution in [2.45, 2.75) is 32.4 Å². The molecule has 1 aliphatic heterocycles. The molecule has 0 saturated heterocycles. The Morgan fingerprint density at radius 3 is 2.38 bits per heavy atom. The molecular weight excluding hydrogens is 593 g/mol. The molecule has 2 amide bonds. The number of nitrogens with zero attached hydrogens (tertiary/aromatic N) is 2. The van der Waals surface area contributed by atoms with Crippen LogP contribution in [0, 0.1) is 11.7 Å². The summed E-state index contributed by atoms with van der Waals surface area (Å²) in [5, 5.41) is 3.81. The van der Waals surface area contributed by atoms with Crippen LogP contribution < -0.4 is 5.32 Å². The molecule has 42 heavy (non-hydrogen) atoms. The Morgan fingerprint density at radius 1 is 0.952 bits per heavy atom. The Balaban J connectivity index is 1.57. The smallest absolute Gasteiger partial charge is 0.255 e. The zero-order valence-electron chi connectivity index (χ0n) is 23.6. The van der Waals surface area contributed by atoms with Gasteiger partial charge in [0, 0.05) is 33.6 Å². The maximum absolute atomic E-state index is 14.8. The van der Waals surface area contributed by atoms with Crippen LogP contribution in [0.3, 0.4) is 0 Å². The lowest BCUT2D eigenvalue weighted by atomic mass is 9.91. The van der Waals surface area contributed by atoms with E-state index in [4.69, 9.17) is 0 Å². The van der Waals surface area contributed by atoms with Gasteiger partial charge in [-0.25, -0.2) is 4.39 Å². The summed E-state index contributed by atoms with van der Waals surface area (Å²) in [5.74, 6) is -1.08. The van der Waals surface area contributed by atoms with Crippen molar-refractivity contribution in [3.8, 4) is 11.3 Å². The highest BCUT2D eigenvalue weighted by molar-refractivity contribution is 9.10. The lowest BCUT2D eigenvalue weighted by Crippen LogP contribution is -2.47. The number of amides is 2. The van der Waals surface area contributed by atoms with Crippen LogP contribution in [0.2, 0.25) is 0 Å². The molecule has 2 atom stereocenters.